The molecule has 0 saturated carbocycles. The van der Waals surface area contributed by atoms with Gasteiger partial charge >= 0.3 is 51.4 Å². The molecule has 1 unspecified atom stereocenters. The zero-order valence-corrected chi connectivity index (χ0v) is 14.0. The van der Waals surface area contributed by atoms with Gasteiger partial charge in [0, 0.05) is 5.56 Å². The summed E-state index contributed by atoms with van der Waals surface area (Å²) in [6, 6.07) is 13.0. The number of hydrogen-bond donors (Lipinski definition) is 1. The predicted molar refractivity (Wildman–Crippen MR) is 103 cm³/mol. The maximum absolute atomic E-state index is 13.8. The van der Waals surface area contributed by atoms with Crippen molar-refractivity contribution in [1.82, 2.24) is 5.06 Å². The molecule has 2 aromatic rings. The molecule has 0 aliphatic carbocycles. The second-order valence-corrected chi connectivity index (χ2v) is 6.51. The van der Waals surface area contributed by atoms with E-state index in [-0.39, 0.29) is 73.8 Å². The number of nitrogens with zero attached hydrogens (tertiary/aromatic N) is 4. The van der Waals surface area contributed by atoms with Crippen molar-refractivity contribution < 1.29 is 14.3 Å². The average molecular weight is 406 g/mol. The van der Waals surface area contributed by atoms with Gasteiger partial charge in [-0.1, -0.05) is 23.9 Å². The van der Waals surface area contributed by atoms with Crippen LogP contribution in [0, 0.1) is 17.1 Å². The number of para-hydroxylation sites is 1. The summed E-state index contributed by atoms with van der Waals surface area (Å²) in [6.45, 7) is 0. The number of hydrogen-bond acceptors (Lipinski definition) is 7. The number of ether oxygens (including phenoxy) is 1. The van der Waals surface area contributed by atoms with Gasteiger partial charge in [-0.2, -0.15) is 5.26 Å². The van der Waals surface area contributed by atoms with Crippen LogP contribution < -0.4 is 4.74 Å². The van der Waals surface area contributed by atoms with Crippen molar-refractivity contribution in [1.29, 1.82) is 5.26 Å². The van der Waals surface area contributed by atoms with Gasteiger partial charge in [-0.3, -0.25) is 5.21 Å². The summed E-state index contributed by atoms with van der Waals surface area (Å²) in [5, 5.41) is 20.5. The molecule has 0 fully saturated rings. The zero-order valence-electron chi connectivity index (χ0n) is 13.2. The van der Waals surface area contributed by atoms with Crippen LogP contribution in [0.4, 0.5) is 4.39 Å². The van der Waals surface area contributed by atoms with E-state index >= 15 is 0 Å². The fourth-order valence-corrected chi connectivity index (χ4v) is 3.53. The SMILES string of the molecule is N#Cc1cc(C2=NC3=CN=CN(O)C3S2)ccc1Oc1ccccc1F.[KH]. The van der Waals surface area contributed by atoms with Gasteiger partial charge in [-0.05, 0) is 30.3 Å². The first-order chi connectivity index (χ1) is 12.7. The summed E-state index contributed by atoms with van der Waals surface area (Å²) in [5.41, 5.74) is 1.59. The Balaban J connectivity index is 0.00000210. The molecule has 1 atom stereocenters. The Hall–Kier alpha value is -1.51. The van der Waals surface area contributed by atoms with Crippen LogP contribution >= 0.6 is 11.8 Å². The van der Waals surface area contributed by atoms with Crippen molar-refractivity contribution in [3.05, 3.63) is 71.3 Å². The zero-order chi connectivity index (χ0) is 18.1. The fraction of sp³-hybridized carbons (Fsp3) is 0.0556. The summed E-state index contributed by atoms with van der Waals surface area (Å²) in [6.07, 6.45) is 2.89. The Morgan fingerprint density at radius 2 is 2.04 bits per heavy atom. The van der Waals surface area contributed by atoms with Crippen molar-refractivity contribution >= 4 is 74.5 Å². The number of benzene rings is 2. The number of thioether (sulfide) groups is 1. The van der Waals surface area contributed by atoms with Crippen molar-refractivity contribution in [2.45, 2.75) is 5.37 Å². The van der Waals surface area contributed by atoms with E-state index in [4.69, 9.17) is 4.74 Å². The fourth-order valence-electron chi connectivity index (χ4n) is 2.50. The third-order valence-corrected chi connectivity index (χ3v) is 4.97. The Kier molecular flexibility index (Phi) is 6.49. The molecule has 130 valence electrons. The number of rotatable bonds is 3. The van der Waals surface area contributed by atoms with E-state index in [1.54, 1.807) is 36.5 Å². The Labute approximate surface area is 201 Å². The van der Waals surface area contributed by atoms with Crippen LogP contribution in [0.15, 0.2) is 64.3 Å². The molecule has 2 heterocycles. The van der Waals surface area contributed by atoms with Crippen molar-refractivity contribution in [3.63, 3.8) is 0 Å². The van der Waals surface area contributed by atoms with E-state index in [9.17, 15) is 14.9 Å². The minimum absolute atomic E-state index is 0. The third kappa shape index (κ3) is 4.17. The first-order valence-electron chi connectivity index (χ1n) is 7.58. The number of fused-ring (bicyclic) bond motifs is 1. The van der Waals surface area contributed by atoms with Gasteiger partial charge < -0.3 is 4.74 Å². The van der Waals surface area contributed by atoms with Gasteiger partial charge in [-0.15, -0.1) is 0 Å². The molecule has 1 N–H and O–H groups in total. The molecule has 27 heavy (non-hydrogen) atoms. The molecule has 0 bridgehead atoms. The number of aliphatic imine (C=N–C) groups is 2. The van der Waals surface area contributed by atoms with Gasteiger partial charge in [0.1, 0.15) is 23.2 Å². The number of nitriles is 1. The molecule has 0 amide bonds. The standard InChI is InChI=1S/C18H11FN4O2S.K.H/c19-13-3-1-2-4-16(13)25-15-6-5-11(7-12(15)8-20)17-22-14-9-21-10-23(24)18(14)26-17;;/h1-7,9-10,18,24H;;. The molecule has 0 spiro atoms. The van der Waals surface area contributed by atoms with Crippen molar-refractivity contribution in [2.75, 3.05) is 0 Å². The minimum atomic E-state index is -0.504. The van der Waals surface area contributed by atoms with Crippen LogP contribution in [0.2, 0.25) is 0 Å². The topological polar surface area (TPSA) is 81.2 Å². The van der Waals surface area contributed by atoms with Gasteiger partial charge in [-0.25, -0.2) is 19.4 Å². The second-order valence-electron chi connectivity index (χ2n) is 5.44. The quantitative estimate of drug-likeness (QED) is 0.792. The molecule has 2 aromatic carbocycles. The van der Waals surface area contributed by atoms with Crippen molar-refractivity contribution in [2.24, 2.45) is 9.98 Å². The van der Waals surface area contributed by atoms with Crippen LogP contribution in [-0.4, -0.2) is 78.4 Å². The normalized spacial score (nSPS) is 17.4. The van der Waals surface area contributed by atoms with E-state index in [2.05, 4.69) is 16.1 Å². The molecule has 6 nitrogen and oxygen atoms in total. The third-order valence-electron chi connectivity index (χ3n) is 3.74. The van der Waals surface area contributed by atoms with Crippen LogP contribution in [0.5, 0.6) is 11.5 Å². The Morgan fingerprint density at radius 3 is 2.78 bits per heavy atom. The van der Waals surface area contributed by atoms with Crippen LogP contribution in [-0.2, 0) is 0 Å². The molecular formula is C18H12FKN4O2S. The van der Waals surface area contributed by atoms with Gasteiger partial charge in [0.2, 0.25) is 0 Å². The molecule has 2 aliphatic rings. The average Bonchev–Trinajstić information content (AvgIpc) is 3.09. The van der Waals surface area contributed by atoms with Gasteiger partial charge in [0.05, 0.1) is 17.5 Å². The molecular weight excluding hydrogens is 394 g/mol. The first kappa shape index (κ1) is 20.2. The van der Waals surface area contributed by atoms with E-state index in [1.807, 2.05) is 0 Å². The molecule has 9 heteroatoms. The maximum atomic E-state index is 13.8. The molecule has 2 aliphatic heterocycles. The molecule has 0 radical (unpaired) electrons. The van der Waals surface area contributed by atoms with Gasteiger partial charge in [0.25, 0.3) is 0 Å². The second kappa shape index (κ2) is 8.66. The molecule has 0 aromatic heterocycles. The van der Waals surface area contributed by atoms with Crippen molar-refractivity contribution in [3.8, 4) is 17.6 Å². The summed E-state index contributed by atoms with van der Waals surface area (Å²) in [7, 11) is 0. The molecule has 0 saturated heterocycles. The van der Waals surface area contributed by atoms with E-state index < -0.39 is 5.82 Å². The van der Waals surface area contributed by atoms with E-state index in [0.717, 1.165) is 5.06 Å². The Bertz CT molecular complexity index is 1020. The first-order valence-corrected chi connectivity index (χ1v) is 8.46. The summed E-state index contributed by atoms with van der Waals surface area (Å²) >= 11 is 1.34. The monoisotopic (exact) mass is 406 g/mol. The summed E-state index contributed by atoms with van der Waals surface area (Å²) in [5.74, 6) is -0.197. The number of hydroxylamine groups is 2. The molecule has 4 rings (SSSR count). The van der Waals surface area contributed by atoms with Crippen LogP contribution in [0.3, 0.4) is 0 Å². The van der Waals surface area contributed by atoms with E-state index in [1.165, 1.54) is 30.2 Å². The predicted octanol–water partition coefficient (Wildman–Crippen LogP) is 3.24. The van der Waals surface area contributed by atoms with Gasteiger partial charge in [0.15, 0.2) is 16.9 Å². The summed E-state index contributed by atoms with van der Waals surface area (Å²) in [4.78, 5) is 8.34. The Morgan fingerprint density at radius 1 is 1.22 bits per heavy atom. The van der Waals surface area contributed by atoms with Crippen LogP contribution in [0.1, 0.15) is 11.1 Å². The van der Waals surface area contributed by atoms with E-state index in [0.29, 0.717) is 16.3 Å². The van der Waals surface area contributed by atoms with Crippen LogP contribution in [0.25, 0.3) is 0 Å². The number of halogens is 1. The summed E-state index contributed by atoms with van der Waals surface area (Å²) < 4.78 is 19.3.